The summed E-state index contributed by atoms with van der Waals surface area (Å²) in [7, 11) is 0. The molecule has 0 radical (unpaired) electrons. The minimum atomic E-state index is 0.228. The Labute approximate surface area is 125 Å². The Morgan fingerprint density at radius 2 is 1.75 bits per heavy atom. The van der Waals surface area contributed by atoms with Gasteiger partial charge in [-0.3, -0.25) is 0 Å². The van der Waals surface area contributed by atoms with Crippen LogP contribution in [0.1, 0.15) is 52.4 Å². The fourth-order valence-electron chi connectivity index (χ4n) is 6.24. The molecule has 4 fully saturated rings. The highest BCUT2D eigenvalue weighted by molar-refractivity contribution is 6.29. The van der Waals surface area contributed by atoms with E-state index in [0.29, 0.717) is 16.0 Å². The quantitative estimate of drug-likeness (QED) is 0.883. The number of nitrogens with one attached hydrogen (secondary N) is 1. The van der Waals surface area contributed by atoms with E-state index in [1.54, 1.807) is 0 Å². The van der Waals surface area contributed by atoms with E-state index < -0.39 is 0 Å². The smallest absolute Gasteiger partial charge is 0.151 e. The standard InChI is InChI=1S/C16H22ClN3/c1-14-5-11-6-15(2,8-14)10-16(7-11,9-14)18-13-4-3-12(17)19-20-13/h3-4,11H,5-10H2,1-2H3,(H,18,20). The molecule has 4 aliphatic carbocycles. The maximum atomic E-state index is 5.83. The Kier molecular flexibility index (Phi) is 2.50. The third-order valence-corrected chi connectivity index (χ3v) is 5.85. The van der Waals surface area contributed by atoms with Crippen molar-refractivity contribution in [1.29, 1.82) is 0 Å². The molecule has 1 aromatic rings. The van der Waals surface area contributed by atoms with Gasteiger partial charge in [-0.25, -0.2) is 0 Å². The van der Waals surface area contributed by atoms with Crippen LogP contribution in [0, 0.1) is 16.7 Å². The number of nitrogens with zero attached hydrogens (tertiary/aromatic N) is 2. The van der Waals surface area contributed by atoms with Gasteiger partial charge in [-0.2, -0.15) is 0 Å². The van der Waals surface area contributed by atoms with Crippen LogP contribution in [0.4, 0.5) is 5.82 Å². The molecule has 2 unspecified atom stereocenters. The molecule has 108 valence electrons. The normalized spacial score (nSPS) is 45.6. The number of rotatable bonds is 2. The van der Waals surface area contributed by atoms with Crippen molar-refractivity contribution in [2.24, 2.45) is 16.7 Å². The molecule has 0 aromatic carbocycles. The molecular weight excluding hydrogens is 270 g/mol. The van der Waals surface area contributed by atoms with Gasteiger partial charge in [0.25, 0.3) is 0 Å². The van der Waals surface area contributed by atoms with Crippen LogP contribution in [0.2, 0.25) is 5.15 Å². The molecule has 4 aliphatic rings. The minimum Gasteiger partial charge on any atom is -0.363 e. The van der Waals surface area contributed by atoms with Crippen LogP contribution in [0.15, 0.2) is 12.1 Å². The highest BCUT2D eigenvalue weighted by atomic mass is 35.5. The molecule has 4 bridgehead atoms. The predicted octanol–water partition coefficient (Wildman–Crippen LogP) is 4.29. The molecule has 5 rings (SSSR count). The van der Waals surface area contributed by atoms with Gasteiger partial charge in [0.1, 0.15) is 5.82 Å². The van der Waals surface area contributed by atoms with Crippen molar-refractivity contribution in [2.75, 3.05) is 5.32 Å². The van der Waals surface area contributed by atoms with Crippen molar-refractivity contribution in [3.05, 3.63) is 17.3 Å². The minimum absolute atomic E-state index is 0.228. The maximum Gasteiger partial charge on any atom is 0.151 e. The highest BCUT2D eigenvalue weighted by Crippen LogP contribution is 2.66. The number of aromatic nitrogens is 2. The molecule has 1 aromatic heterocycles. The van der Waals surface area contributed by atoms with E-state index in [1.807, 2.05) is 12.1 Å². The number of halogens is 1. The third kappa shape index (κ3) is 2.02. The monoisotopic (exact) mass is 291 g/mol. The molecule has 0 saturated heterocycles. The van der Waals surface area contributed by atoms with Gasteiger partial charge in [-0.15, -0.1) is 10.2 Å². The van der Waals surface area contributed by atoms with Crippen molar-refractivity contribution in [3.8, 4) is 0 Å². The molecular formula is C16H22ClN3. The number of anilines is 1. The Morgan fingerprint density at radius 1 is 1.05 bits per heavy atom. The van der Waals surface area contributed by atoms with Gasteiger partial charge in [-0.05, 0) is 67.4 Å². The zero-order valence-electron chi connectivity index (χ0n) is 12.2. The molecule has 3 nitrogen and oxygen atoms in total. The fourth-order valence-corrected chi connectivity index (χ4v) is 6.34. The summed E-state index contributed by atoms with van der Waals surface area (Å²) >= 11 is 5.83. The van der Waals surface area contributed by atoms with E-state index in [-0.39, 0.29) is 5.54 Å². The number of hydrogen-bond donors (Lipinski definition) is 1. The average molecular weight is 292 g/mol. The fraction of sp³-hybridized carbons (Fsp3) is 0.750. The molecule has 4 heteroatoms. The molecule has 0 amide bonds. The first-order valence-electron chi connectivity index (χ1n) is 7.65. The van der Waals surface area contributed by atoms with Crippen molar-refractivity contribution >= 4 is 17.4 Å². The second-order valence-corrected chi connectivity index (χ2v) is 8.66. The SMILES string of the molecule is CC12CC3CC(C)(C1)CC(Nc1ccc(Cl)nn1)(C3)C2. The lowest BCUT2D eigenvalue weighted by atomic mass is 9.43. The van der Waals surface area contributed by atoms with Crippen LogP contribution in [0.5, 0.6) is 0 Å². The van der Waals surface area contributed by atoms with E-state index in [9.17, 15) is 0 Å². The van der Waals surface area contributed by atoms with E-state index in [4.69, 9.17) is 11.6 Å². The van der Waals surface area contributed by atoms with Crippen LogP contribution in [0.3, 0.4) is 0 Å². The summed E-state index contributed by atoms with van der Waals surface area (Å²) in [5.41, 5.74) is 1.26. The molecule has 4 saturated carbocycles. The Bertz CT molecular complexity index is 523. The van der Waals surface area contributed by atoms with Crippen LogP contribution < -0.4 is 5.32 Å². The summed E-state index contributed by atoms with van der Waals surface area (Å²) in [5, 5.41) is 12.4. The molecule has 2 atom stereocenters. The summed E-state index contributed by atoms with van der Waals surface area (Å²) in [6.45, 7) is 4.97. The summed E-state index contributed by atoms with van der Waals surface area (Å²) in [4.78, 5) is 0. The first kappa shape index (κ1) is 12.9. The summed E-state index contributed by atoms with van der Waals surface area (Å²) in [6.07, 6.45) is 8.07. The van der Waals surface area contributed by atoms with Crippen LogP contribution in [-0.4, -0.2) is 15.7 Å². The van der Waals surface area contributed by atoms with Gasteiger partial charge in [0.15, 0.2) is 5.15 Å². The van der Waals surface area contributed by atoms with E-state index in [1.165, 1.54) is 38.5 Å². The maximum absolute atomic E-state index is 5.83. The summed E-state index contributed by atoms with van der Waals surface area (Å²) < 4.78 is 0. The third-order valence-electron chi connectivity index (χ3n) is 5.65. The van der Waals surface area contributed by atoms with E-state index in [2.05, 4.69) is 29.4 Å². The first-order chi connectivity index (χ1) is 9.38. The van der Waals surface area contributed by atoms with Gasteiger partial charge >= 0.3 is 0 Å². The lowest BCUT2D eigenvalue weighted by molar-refractivity contribution is -0.0974. The van der Waals surface area contributed by atoms with Gasteiger partial charge in [0.2, 0.25) is 0 Å². The zero-order chi connectivity index (χ0) is 14.0. The van der Waals surface area contributed by atoms with Crippen LogP contribution in [-0.2, 0) is 0 Å². The van der Waals surface area contributed by atoms with Crippen molar-refractivity contribution in [1.82, 2.24) is 10.2 Å². The predicted molar refractivity (Wildman–Crippen MR) is 80.8 cm³/mol. The molecule has 20 heavy (non-hydrogen) atoms. The Balaban J connectivity index is 1.65. The average Bonchev–Trinajstić information content (AvgIpc) is 2.27. The van der Waals surface area contributed by atoms with Crippen LogP contribution in [0.25, 0.3) is 0 Å². The summed E-state index contributed by atoms with van der Waals surface area (Å²) in [6, 6.07) is 3.78. The van der Waals surface area contributed by atoms with Crippen molar-refractivity contribution in [3.63, 3.8) is 0 Å². The molecule has 0 aliphatic heterocycles. The molecule has 1 N–H and O–H groups in total. The van der Waals surface area contributed by atoms with Gasteiger partial charge in [0.05, 0.1) is 0 Å². The van der Waals surface area contributed by atoms with Crippen molar-refractivity contribution < 1.29 is 0 Å². The summed E-state index contributed by atoms with van der Waals surface area (Å²) in [5.74, 6) is 1.76. The van der Waals surface area contributed by atoms with Crippen molar-refractivity contribution in [2.45, 2.75) is 57.9 Å². The van der Waals surface area contributed by atoms with Gasteiger partial charge in [-0.1, -0.05) is 25.4 Å². The lowest BCUT2D eigenvalue weighted by Crippen LogP contribution is -2.61. The Morgan fingerprint density at radius 3 is 2.30 bits per heavy atom. The second-order valence-electron chi connectivity index (χ2n) is 8.28. The topological polar surface area (TPSA) is 37.8 Å². The van der Waals surface area contributed by atoms with E-state index >= 15 is 0 Å². The number of hydrogen-bond acceptors (Lipinski definition) is 3. The van der Waals surface area contributed by atoms with Gasteiger partial charge in [0, 0.05) is 5.54 Å². The first-order valence-corrected chi connectivity index (χ1v) is 8.03. The second kappa shape index (κ2) is 3.88. The lowest BCUT2D eigenvalue weighted by Gasteiger charge is -2.65. The van der Waals surface area contributed by atoms with Gasteiger partial charge < -0.3 is 5.32 Å². The Hall–Kier alpha value is -0.830. The zero-order valence-corrected chi connectivity index (χ0v) is 13.0. The highest BCUT2D eigenvalue weighted by Gasteiger charge is 2.60. The van der Waals surface area contributed by atoms with Crippen LogP contribution >= 0.6 is 11.6 Å². The molecule has 1 heterocycles. The van der Waals surface area contributed by atoms with E-state index in [0.717, 1.165) is 11.7 Å². The molecule has 0 spiro atoms. The largest absolute Gasteiger partial charge is 0.363 e.